The van der Waals surface area contributed by atoms with E-state index in [4.69, 9.17) is 9.47 Å². The van der Waals surface area contributed by atoms with Gasteiger partial charge >= 0.3 is 0 Å². The zero-order valence-electron chi connectivity index (χ0n) is 11.2. The molecule has 0 heterocycles. The zero-order valence-corrected chi connectivity index (χ0v) is 12.8. The number of hydrogen-bond donors (Lipinski definition) is 0. The number of Topliss-reactive ketones (excluding diaryl/α,β-unsaturated/α-hetero) is 1. The molecule has 18 heavy (non-hydrogen) atoms. The average molecular weight is 315 g/mol. The fourth-order valence-electron chi connectivity index (χ4n) is 1.63. The van der Waals surface area contributed by atoms with E-state index in [1.165, 1.54) is 0 Å². The summed E-state index contributed by atoms with van der Waals surface area (Å²) < 4.78 is 11.2. The minimum atomic E-state index is 0.0892. The maximum Gasteiger partial charge on any atom is 0.166 e. The van der Waals surface area contributed by atoms with Crippen molar-refractivity contribution in [3.63, 3.8) is 0 Å². The van der Waals surface area contributed by atoms with Gasteiger partial charge in [-0.2, -0.15) is 0 Å². The minimum absolute atomic E-state index is 0.0892. The van der Waals surface area contributed by atoms with Crippen molar-refractivity contribution < 1.29 is 14.3 Å². The first kappa shape index (κ1) is 15.0. The first-order valence-corrected chi connectivity index (χ1v) is 6.73. The molecule has 0 saturated heterocycles. The zero-order chi connectivity index (χ0) is 13.7. The largest absolute Gasteiger partial charge is 0.496 e. The van der Waals surface area contributed by atoms with Crippen LogP contribution in [0, 0.1) is 5.92 Å². The molecular formula is C14H19BrO3. The van der Waals surface area contributed by atoms with Crippen LogP contribution in [0.1, 0.15) is 37.0 Å². The van der Waals surface area contributed by atoms with E-state index in [0.29, 0.717) is 29.4 Å². The molecule has 1 aromatic carbocycles. The van der Waals surface area contributed by atoms with Gasteiger partial charge in [0.15, 0.2) is 5.78 Å². The molecule has 0 saturated carbocycles. The van der Waals surface area contributed by atoms with Crippen LogP contribution < -0.4 is 9.47 Å². The van der Waals surface area contributed by atoms with Crippen molar-refractivity contribution in [2.75, 3.05) is 14.2 Å². The number of carbonyl (C=O) groups excluding carboxylic acids is 1. The molecule has 0 aliphatic carbocycles. The highest BCUT2D eigenvalue weighted by molar-refractivity contribution is 9.10. The van der Waals surface area contributed by atoms with Crippen molar-refractivity contribution in [1.82, 2.24) is 0 Å². The van der Waals surface area contributed by atoms with Crippen LogP contribution in [0.3, 0.4) is 0 Å². The topological polar surface area (TPSA) is 35.5 Å². The number of ketones is 1. The van der Waals surface area contributed by atoms with Crippen molar-refractivity contribution in [3.8, 4) is 11.5 Å². The SMILES string of the molecule is COc1cc(C(=O)CCC(C)C)c(OC)cc1Br. The summed E-state index contributed by atoms with van der Waals surface area (Å²) in [6.07, 6.45) is 1.40. The van der Waals surface area contributed by atoms with E-state index in [-0.39, 0.29) is 5.78 Å². The van der Waals surface area contributed by atoms with Crippen LogP contribution in [0.2, 0.25) is 0 Å². The predicted octanol–water partition coefficient (Wildman–Crippen LogP) is 4.09. The second-order valence-corrected chi connectivity index (χ2v) is 5.40. The molecule has 0 bridgehead atoms. The lowest BCUT2D eigenvalue weighted by molar-refractivity contribution is 0.0972. The molecule has 0 fully saturated rings. The monoisotopic (exact) mass is 314 g/mol. The first-order chi connectivity index (χ1) is 8.49. The second-order valence-electron chi connectivity index (χ2n) is 4.54. The first-order valence-electron chi connectivity index (χ1n) is 5.94. The fourth-order valence-corrected chi connectivity index (χ4v) is 2.12. The smallest absolute Gasteiger partial charge is 0.166 e. The van der Waals surface area contributed by atoms with Gasteiger partial charge in [0, 0.05) is 6.42 Å². The van der Waals surface area contributed by atoms with Crippen LogP contribution in [0.25, 0.3) is 0 Å². The number of benzene rings is 1. The molecule has 100 valence electrons. The summed E-state index contributed by atoms with van der Waals surface area (Å²) in [5.41, 5.74) is 0.582. The highest BCUT2D eigenvalue weighted by Gasteiger charge is 2.16. The second kappa shape index (κ2) is 6.78. The summed E-state index contributed by atoms with van der Waals surface area (Å²) in [5, 5.41) is 0. The third-order valence-electron chi connectivity index (χ3n) is 2.72. The number of hydrogen-bond acceptors (Lipinski definition) is 3. The molecule has 4 heteroatoms. The molecule has 1 aromatic rings. The van der Waals surface area contributed by atoms with Gasteiger partial charge in [-0.1, -0.05) is 13.8 Å². The molecule has 0 unspecified atom stereocenters. The maximum absolute atomic E-state index is 12.2. The molecule has 0 spiro atoms. The lowest BCUT2D eigenvalue weighted by atomic mass is 10.0. The molecule has 0 aliphatic rings. The van der Waals surface area contributed by atoms with Crippen LogP contribution in [0.5, 0.6) is 11.5 Å². The van der Waals surface area contributed by atoms with E-state index in [1.54, 1.807) is 26.4 Å². The summed E-state index contributed by atoms with van der Waals surface area (Å²) >= 11 is 3.38. The molecule has 0 atom stereocenters. The van der Waals surface area contributed by atoms with Crippen LogP contribution in [-0.2, 0) is 0 Å². The minimum Gasteiger partial charge on any atom is -0.496 e. The Balaban J connectivity index is 3.02. The Hall–Kier alpha value is -1.03. The van der Waals surface area contributed by atoms with Gasteiger partial charge in [0.05, 0.1) is 24.3 Å². The summed E-state index contributed by atoms with van der Waals surface area (Å²) in [6, 6.07) is 3.49. The number of carbonyl (C=O) groups is 1. The maximum atomic E-state index is 12.2. The van der Waals surface area contributed by atoms with Gasteiger partial charge in [0.2, 0.25) is 0 Å². The number of methoxy groups -OCH3 is 2. The molecular weight excluding hydrogens is 296 g/mol. The Morgan fingerprint density at radius 3 is 2.33 bits per heavy atom. The molecule has 3 nitrogen and oxygen atoms in total. The molecule has 0 aromatic heterocycles. The van der Waals surface area contributed by atoms with Crippen molar-refractivity contribution in [3.05, 3.63) is 22.2 Å². The van der Waals surface area contributed by atoms with Gasteiger partial charge < -0.3 is 9.47 Å². The van der Waals surface area contributed by atoms with Gasteiger partial charge in [-0.3, -0.25) is 4.79 Å². The van der Waals surface area contributed by atoms with Crippen molar-refractivity contribution >= 4 is 21.7 Å². The average Bonchev–Trinajstić information content (AvgIpc) is 2.35. The highest BCUT2D eigenvalue weighted by atomic mass is 79.9. The Morgan fingerprint density at radius 2 is 1.83 bits per heavy atom. The Kier molecular flexibility index (Phi) is 5.66. The van der Waals surface area contributed by atoms with Crippen molar-refractivity contribution in [2.24, 2.45) is 5.92 Å². The van der Waals surface area contributed by atoms with E-state index in [0.717, 1.165) is 10.9 Å². The van der Waals surface area contributed by atoms with Gasteiger partial charge in [-0.05, 0) is 40.4 Å². The number of halogens is 1. The third kappa shape index (κ3) is 3.73. The fraction of sp³-hybridized carbons (Fsp3) is 0.500. The standard InChI is InChI=1S/C14H19BrO3/c1-9(2)5-6-12(16)10-7-14(18-4)11(15)8-13(10)17-3/h7-9H,5-6H2,1-4H3. The van der Waals surface area contributed by atoms with Gasteiger partial charge in [0.25, 0.3) is 0 Å². The molecule has 0 N–H and O–H groups in total. The molecule has 0 aliphatic heterocycles. The van der Waals surface area contributed by atoms with E-state index < -0.39 is 0 Å². The van der Waals surface area contributed by atoms with E-state index in [2.05, 4.69) is 29.8 Å². The normalized spacial score (nSPS) is 10.6. The van der Waals surface area contributed by atoms with Gasteiger partial charge in [-0.15, -0.1) is 0 Å². The van der Waals surface area contributed by atoms with Crippen LogP contribution in [0.15, 0.2) is 16.6 Å². The van der Waals surface area contributed by atoms with Crippen LogP contribution in [-0.4, -0.2) is 20.0 Å². The summed E-state index contributed by atoms with van der Waals surface area (Å²) in [4.78, 5) is 12.2. The highest BCUT2D eigenvalue weighted by Crippen LogP contribution is 2.33. The summed E-state index contributed by atoms with van der Waals surface area (Å²) in [5.74, 6) is 1.82. The quantitative estimate of drug-likeness (QED) is 0.742. The lowest BCUT2D eigenvalue weighted by Gasteiger charge is -2.12. The Bertz CT molecular complexity index is 427. The van der Waals surface area contributed by atoms with E-state index >= 15 is 0 Å². The van der Waals surface area contributed by atoms with Crippen molar-refractivity contribution in [2.45, 2.75) is 26.7 Å². The van der Waals surface area contributed by atoms with E-state index in [9.17, 15) is 4.79 Å². The number of rotatable bonds is 6. The Labute approximate surface area is 117 Å². The predicted molar refractivity (Wildman–Crippen MR) is 75.6 cm³/mol. The molecule has 0 amide bonds. The van der Waals surface area contributed by atoms with Crippen LogP contribution >= 0.6 is 15.9 Å². The summed E-state index contributed by atoms with van der Waals surface area (Å²) in [6.45, 7) is 4.21. The van der Waals surface area contributed by atoms with Crippen molar-refractivity contribution in [1.29, 1.82) is 0 Å². The van der Waals surface area contributed by atoms with E-state index in [1.807, 2.05) is 0 Å². The summed E-state index contributed by atoms with van der Waals surface area (Å²) in [7, 11) is 3.14. The lowest BCUT2D eigenvalue weighted by Crippen LogP contribution is -2.04. The third-order valence-corrected chi connectivity index (χ3v) is 3.34. The Morgan fingerprint density at radius 1 is 1.22 bits per heavy atom. The molecule has 0 radical (unpaired) electrons. The van der Waals surface area contributed by atoms with Crippen LogP contribution in [0.4, 0.5) is 0 Å². The number of ether oxygens (including phenoxy) is 2. The van der Waals surface area contributed by atoms with Gasteiger partial charge in [0.1, 0.15) is 11.5 Å². The van der Waals surface area contributed by atoms with Gasteiger partial charge in [-0.25, -0.2) is 0 Å². The molecule has 1 rings (SSSR count).